The van der Waals surface area contributed by atoms with Gasteiger partial charge in [0.25, 0.3) is 0 Å². The summed E-state index contributed by atoms with van der Waals surface area (Å²) in [6, 6.07) is 3.16. The highest BCUT2D eigenvalue weighted by molar-refractivity contribution is 9.10. The molecule has 0 aromatic heterocycles. The van der Waals surface area contributed by atoms with Gasteiger partial charge in [-0.15, -0.1) is 11.6 Å². The van der Waals surface area contributed by atoms with E-state index in [4.69, 9.17) is 23.2 Å². The maximum atomic E-state index is 14.3. The van der Waals surface area contributed by atoms with Crippen molar-refractivity contribution in [3.05, 3.63) is 33.0 Å². The first-order valence-electron chi connectivity index (χ1n) is 7.81. The zero-order valence-corrected chi connectivity index (χ0v) is 14.8. The molecule has 0 aliphatic heterocycles. The maximum absolute atomic E-state index is 14.3. The van der Waals surface area contributed by atoms with E-state index in [0.717, 1.165) is 11.8 Å². The molecule has 0 nitrogen and oxygen atoms in total. The Kier molecular flexibility index (Phi) is 3.79. The molecule has 4 fully saturated rings. The third kappa shape index (κ3) is 2.46. The highest BCUT2D eigenvalue weighted by Crippen LogP contribution is 2.60. The summed E-state index contributed by atoms with van der Waals surface area (Å²) in [4.78, 5) is 0. The Morgan fingerprint density at radius 2 is 1.62 bits per heavy atom. The van der Waals surface area contributed by atoms with Crippen molar-refractivity contribution in [1.29, 1.82) is 0 Å². The molecule has 1 atom stereocenters. The Hall–Kier alpha value is 0.210. The van der Waals surface area contributed by atoms with E-state index in [1.54, 1.807) is 6.07 Å². The first kappa shape index (κ1) is 14.8. The number of benzene rings is 1. The van der Waals surface area contributed by atoms with Crippen LogP contribution in [0.4, 0.5) is 4.39 Å². The highest BCUT2D eigenvalue weighted by Gasteiger charge is 2.50. The van der Waals surface area contributed by atoms with E-state index in [1.165, 1.54) is 38.2 Å². The van der Waals surface area contributed by atoms with Crippen LogP contribution in [0.1, 0.15) is 43.0 Å². The van der Waals surface area contributed by atoms with Crippen LogP contribution >= 0.6 is 39.1 Å². The van der Waals surface area contributed by atoms with Crippen molar-refractivity contribution in [1.82, 2.24) is 0 Å². The molecule has 4 heteroatoms. The second kappa shape index (κ2) is 5.39. The standard InChI is InChI=1S/C17H18BrCl2F/c18-13-7-15(21)12(6-14(13)19)17(20)16-10-2-8-1-9(4-10)5-11(16)3-8/h6-11,16-17H,1-5H2. The number of halogens is 4. The summed E-state index contributed by atoms with van der Waals surface area (Å²) < 4.78 is 14.9. The Bertz CT molecular complexity index is 546. The molecular formula is C17H18BrCl2F. The van der Waals surface area contributed by atoms with Gasteiger partial charge in [-0.05, 0) is 89.8 Å². The van der Waals surface area contributed by atoms with Crippen LogP contribution < -0.4 is 0 Å². The zero-order chi connectivity index (χ0) is 14.7. The minimum absolute atomic E-state index is 0.236. The first-order valence-corrected chi connectivity index (χ1v) is 9.42. The molecule has 5 rings (SSSR count). The lowest BCUT2D eigenvalue weighted by Crippen LogP contribution is -2.46. The molecule has 21 heavy (non-hydrogen) atoms. The monoisotopic (exact) mass is 390 g/mol. The summed E-state index contributed by atoms with van der Waals surface area (Å²) in [6.45, 7) is 0. The fourth-order valence-electron chi connectivity index (χ4n) is 5.40. The van der Waals surface area contributed by atoms with E-state index in [1.807, 2.05) is 0 Å². The number of hydrogen-bond donors (Lipinski definition) is 0. The van der Waals surface area contributed by atoms with Crippen LogP contribution in [0, 0.1) is 35.4 Å². The van der Waals surface area contributed by atoms with Gasteiger partial charge in [-0.1, -0.05) is 11.6 Å². The molecule has 0 radical (unpaired) electrons. The minimum Gasteiger partial charge on any atom is -0.207 e. The van der Waals surface area contributed by atoms with E-state index in [-0.39, 0.29) is 11.2 Å². The lowest BCUT2D eigenvalue weighted by Gasteiger charge is -2.55. The topological polar surface area (TPSA) is 0 Å². The zero-order valence-electron chi connectivity index (χ0n) is 11.7. The minimum atomic E-state index is -0.245. The van der Waals surface area contributed by atoms with Gasteiger partial charge in [0.2, 0.25) is 0 Å². The van der Waals surface area contributed by atoms with Crippen LogP contribution in [0.2, 0.25) is 5.02 Å². The van der Waals surface area contributed by atoms with Gasteiger partial charge in [-0.2, -0.15) is 0 Å². The normalized spacial score (nSPS) is 38.8. The van der Waals surface area contributed by atoms with Crippen LogP contribution in [-0.2, 0) is 0 Å². The first-order chi connectivity index (χ1) is 10.0. The van der Waals surface area contributed by atoms with E-state index in [9.17, 15) is 4.39 Å². The summed E-state index contributed by atoms with van der Waals surface area (Å²) in [6.07, 6.45) is 6.62. The molecule has 4 aliphatic carbocycles. The summed E-state index contributed by atoms with van der Waals surface area (Å²) in [5.74, 6) is 3.37. The SMILES string of the molecule is Fc1cc(Br)c(Cl)cc1C(Cl)C1C2CC3CC(C2)CC1C3. The lowest BCUT2D eigenvalue weighted by molar-refractivity contribution is -0.0384. The molecule has 0 N–H and O–H groups in total. The Morgan fingerprint density at radius 3 is 2.19 bits per heavy atom. The van der Waals surface area contributed by atoms with Gasteiger partial charge in [-0.25, -0.2) is 4.39 Å². The van der Waals surface area contributed by atoms with Crippen molar-refractivity contribution in [2.45, 2.75) is 37.5 Å². The molecule has 1 unspecified atom stereocenters. The van der Waals surface area contributed by atoms with E-state index in [2.05, 4.69) is 15.9 Å². The molecule has 1 aromatic carbocycles. The molecule has 114 valence electrons. The van der Waals surface area contributed by atoms with Crippen molar-refractivity contribution in [3.8, 4) is 0 Å². The highest BCUT2D eigenvalue weighted by atomic mass is 79.9. The summed E-state index contributed by atoms with van der Waals surface area (Å²) in [7, 11) is 0. The van der Waals surface area contributed by atoms with E-state index < -0.39 is 0 Å². The molecule has 0 spiro atoms. The lowest BCUT2D eigenvalue weighted by atomic mass is 9.51. The van der Waals surface area contributed by atoms with Crippen molar-refractivity contribution < 1.29 is 4.39 Å². The second-order valence-corrected chi connectivity index (χ2v) is 8.93. The summed E-state index contributed by atoms with van der Waals surface area (Å²) >= 11 is 16.2. The van der Waals surface area contributed by atoms with Crippen LogP contribution in [0.15, 0.2) is 16.6 Å². The molecule has 1 aromatic rings. The van der Waals surface area contributed by atoms with Gasteiger partial charge < -0.3 is 0 Å². The largest absolute Gasteiger partial charge is 0.207 e. The van der Waals surface area contributed by atoms with Gasteiger partial charge in [-0.3, -0.25) is 0 Å². The molecule has 4 bridgehead atoms. The second-order valence-electron chi connectivity index (χ2n) is 7.20. The van der Waals surface area contributed by atoms with Crippen molar-refractivity contribution in [3.63, 3.8) is 0 Å². The average molecular weight is 392 g/mol. The maximum Gasteiger partial charge on any atom is 0.129 e. The van der Waals surface area contributed by atoms with Gasteiger partial charge in [0.05, 0.1) is 10.4 Å². The van der Waals surface area contributed by atoms with E-state index in [0.29, 0.717) is 32.8 Å². The van der Waals surface area contributed by atoms with Gasteiger partial charge in [0.1, 0.15) is 5.82 Å². The fourth-order valence-corrected chi connectivity index (χ4v) is 6.47. The number of hydrogen-bond acceptors (Lipinski definition) is 0. The van der Waals surface area contributed by atoms with Crippen LogP contribution in [0.5, 0.6) is 0 Å². The molecule has 0 heterocycles. The Balaban J connectivity index is 1.66. The quantitative estimate of drug-likeness (QED) is 0.393. The molecule has 4 saturated carbocycles. The fraction of sp³-hybridized carbons (Fsp3) is 0.647. The molecule has 4 aliphatic rings. The molecule has 0 amide bonds. The molecular weight excluding hydrogens is 374 g/mol. The average Bonchev–Trinajstić information content (AvgIpc) is 2.41. The Morgan fingerprint density at radius 1 is 1.05 bits per heavy atom. The van der Waals surface area contributed by atoms with Gasteiger partial charge >= 0.3 is 0 Å². The van der Waals surface area contributed by atoms with E-state index >= 15 is 0 Å². The predicted molar refractivity (Wildman–Crippen MR) is 88.2 cm³/mol. The number of rotatable bonds is 2. The van der Waals surface area contributed by atoms with Crippen LogP contribution in [-0.4, -0.2) is 0 Å². The number of alkyl halides is 1. The summed E-state index contributed by atoms with van der Waals surface area (Å²) in [5.41, 5.74) is 0.586. The Labute approximate surface area is 143 Å². The molecule has 0 saturated heterocycles. The van der Waals surface area contributed by atoms with Crippen molar-refractivity contribution in [2.75, 3.05) is 0 Å². The van der Waals surface area contributed by atoms with Gasteiger partial charge in [0.15, 0.2) is 0 Å². The van der Waals surface area contributed by atoms with Gasteiger partial charge in [0, 0.05) is 10.0 Å². The van der Waals surface area contributed by atoms with Crippen molar-refractivity contribution in [2.24, 2.45) is 29.6 Å². The van der Waals surface area contributed by atoms with Crippen LogP contribution in [0.25, 0.3) is 0 Å². The third-order valence-electron chi connectivity index (χ3n) is 5.97. The summed E-state index contributed by atoms with van der Waals surface area (Å²) in [5, 5.41) is 0.298. The van der Waals surface area contributed by atoms with Crippen molar-refractivity contribution >= 4 is 39.1 Å². The smallest absolute Gasteiger partial charge is 0.129 e. The predicted octanol–water partition coefficient (Wildman–Crippen LogP) is 6.59. The third-order valence-corrected chi connectivity index (χ3v) is 7.70. The van der Waals surface area contributed by atoms with Crippen LogP contribution in [0.3, 0.4) is 0 Å².